The number of nitrogens with zero attached hydrogens (tertiary/aromatic N) is 1. The predicted molar refractivity (Wildman–Crippen MR) is 85.5 cm³/mol. The summed E-state index contributed by atoms with van der Waals surface area (Å²) in [5.74, 6) is 0.914. The molecule has 0 aromatic heterocycles. The molecule has 0 saturated carbocycles. The average Bonchev–Trinajstić information content (AvgIpc) is 2.56. The molecule has 3 rings (SSSR count). The van der Waals surface area contributed by atoms with Crippen LogP contribution in [0.3, 0.4) is 0 Å². The van der Waals surface area contributed by atoms with Crippen molar-refractivity contribution in [1.82, 2.24) is 10.2 Å². The Morgan fingerprint density at radius 1 is 1.10 bits per heavy atom. The number of rotatable bonds is 4. The lowest BCUT2D eigenvalue weighted by atomic mass is 10.0. The van der Waals surface area contributed by atoms with Crippen LogP contribution in [0, 0.1) is 0 Å². The molecule has 2 aromatic carbocycles. The fourth-order valence-electron chi connectivity index (χ4n) is 2.91. The third-order valence-electron chi connectivity index (χ3n) is 4.08. The third kappa shape index (κ3) is 3.43. The van der Waals surface area contributed by atoms with Crippen molar-refractivity contribution < 1.29 is 4.74 Å². The van der Waals surface area contributed by atoms with Crippen LogP contribution in [-0.4, -0.2) is 31.6 Å². The lowest BCUT2D eigenvalue weighted by Crippen LogP contribution is -2.45. The van der Waals surface area contributed by atoms with E-state index in [0.29, 0.717) is 6.04 Å². The molecule has 0 radical (unpaired) electrons. The third-order valence-corrected chi connectivity index (χ3v) is 4.08. The van der Waals surface area contributed by atoms with Gasteiger partial charge in [-0.05, 0) is 23.3 Å². The van der Waals surface area contributed by atoms with Crippen molar-refractivity contribution in [2.45, 2.75) is 12.6 Å². The van der Waals surface area contributed by atoms with Gasteiger partial charge < -0.3 is 10.1 Å². The maximum absolute atomic E-state index is 5.25. The Labute approximate surface area is 126 Å². The van der Waals surface area contributed by atoms with E-state index in [0.717, 1.165) is 31.9 Å². The second-order valence-electron chi connectivity index (χ2n) is 5.45. The van der Waals surface area contributed by atoms with Gasteiger partial charge in [0.1, 0.15) is 5.75 Å². The number of methoxy groups -OCH3 is 1. The normalized spacial score (nSPS) is 19.4. The van der Waals surface area contributed by atoms with Crippen LogP contribution in [0.4, 0.5) is 0 Å². The van der Waals surface area contributed by atoms with Crippen molar-refractivity contribution in [3.05, 3.63) is 65.7 Å². The summed E-state index contributed by atoms with van der Waals surface area (Å²) >= 11 is 0. The first-order valence-corrected chi connectivity index (χ1v) is 7.49. The molecule has 0 bridgehead atoms. The summed E-state index contributed by atoms with van der Waals surface area (Å²) in [6.07, 6.45) is 0. The van der Waals surface area contributed by atoms with Crippen LogP contribution >= 0.6 is 0 Å². The van der Waals surface area contributed by atoms with E-state index in [4.69, 9.17) is 4.74 Å². The summed E-state index contributed by atoms with van der Waals surface area (Å²) in [5, 5.41) is 3.50. The Morgan fingerprint density at radius 3 is 2.57 bits per heavy atom. The fraction of sp³-hybridized carbons (Fsp3) is 0.333. The van der Waals surface area contributed by atoms with E-state index >= 15 is 0 Å². The Balaban J connectivity index is 1.77. The molecule has 3 heteroatoms. The van der Waals surface area contributed by atoms with Gasteiger partial charge in [0.2, 0.25) is 0 Å². The Hall–Kier alpha value is -1.84. The maximum Gasteiger partial charge on any atom is 0.118 e. The van der Waals surface area contributed by atoms with E-state index in [1.807, 2.05) is 12.1 Å². The van der Waals surface area contributed by atoms with Gasteiger partial charge >= 0.3 is 0 Å². The van der Waals surface area contributed by atoms with Gasteiger partial charge in [0.25, 0.3) is 0 Å². The van der Waals surface area contributed by atoms with E-state index in [1.54, 1.807) is 7.11 Å². The summed E-state index contributed by atoms with van der Waals surface area (Å²) < 4.78 is 5.25. The van der Waals surface area contributed by atoms with Crippen LogP contribution in [-0.2, 0) is 6.54 Å². The zero-order valence-electron chi connectivity index (χ0n) is 12.5. The molecule has 2 aromatic rings. The molecule has 0 amide bonds. The molecular weight excluding hydrogens is 260 g/mol. The lowest BCUT2D eigenvalue weighted by Gasteiger charge is -2.36. The topological polar surface area (TPSA) is 24.5 Å². The smallest absolute Gasteiger partial charge is 0.118 e. The predicted octanol–water partition coefficient (Wildman–Crippen LogP) is 2.84. The molecule has 21 heavy (non-hydrogen) atoms. The summed E-state index contributed by atoms with van der Waals surface area (Å²) in [4.78, 5) is 2.55. The molecule has 3 nitrogen and oxygen atoms in total. The van der Waals surface area contributed by atoms with E-state index in [-0.39, 0.29) is 0 Å². The number of benzene rings is 2. The minimum atomic E-state index is 0.421. The molecule has 1 fully saturated rings. The maximum atomic E-state index is 5.25. The van der Waals surface area contributed by atoms with Crippen molar-refractivity contribution in [3.8, 4) is 5.75 Å². The molecule has 0 aliphatic carbocycles. The van der Waals surface area contributed by atoms with Crippen LogP contribution < -0.4 is 10.1 Å². The van der Waals surface area contributed by atoms with E-state index in [2.05, 4.69) is 52.7 Å². The van der Waals surface area contributed by atoms with Crippen molar-refractivity contribution in [2.75, 3.05) is 26.7 Å². The quantitative estimate of drug-likeness (QED) is 0.933. The number of ether oxygens (including phenoxy) is 1. The second kappa shape index (κ2) is 6.74. The molecule has 0 unspecified atom stereocenters. The fourth-order valence-corrected chi connectivity index (χ4v) is 2.91. The number of hydrogen-bond donors (Lipinski definition) is 1. The van der Waals surface area contributed by atoms with Gasteiger partial charge in [-0.25, -0.2) is 0 Å². The van der Waals surface area contributed by atoms with Crippen LogP contribution in [0.25, 0.3) is 0 Å². The summed E-state index contributed by atoms with van der Waals surface area (Å²) in [5.41, 5.74) is 2.72. The number of hydrogen-bond acceptors (Lipinski definition) is 3. The highest BCUT2D eigenvalue weighted by molar-refractivity contribution is 5.30. The molecule has 0 spiro atoms. The molecule has 1 saturated heterocycles. The first kappa shape index (κ1) is 14.1. The van der Waals surface area contributed by atoms with Gasteiger partial charge in [0, 0.05) is 32.2 Å². The average molecular weight is 282 g/mol. The van der Waals surface area contributed by atoms with Crippen molar-refractivity contribution in [1.29, 1.82) is 0 Å². The SMILES string of the molecule is COc1ccc([C@@H]2CNCCN2Cc2ccccc2)cc1. The lowest BCUT2D eigenvalue weighted by molar-refractivity contribution is 0.153. The van der Waals surface area contributed by atoms with Gasteiger partial charge in [-0.2, -0.15) is 0 Å². The number of piperazine rings is 1. The summed E-state index contributed by atoms with van der Waals surface area (Å²) in [6.45, 7) is 4.13. The van der Waals surface area contributed by atoms with Gasteiger partial charge in [-0.1, -0.05) is 42.5 Å². The van der Waals surface area contributed by atoms with E-state index in [9.17, 15) is 0 Å². The van der Waals surface area contributed by atoms with Crippen molar-refractivity contribution in [2.24, 2.45) is 0 Å². The summed E-state index contributed by atoms with van der Waals surface area (Å²) in [7, 11) is 1.71. The van der Waals surface area contributed by atoms with Gasteiger partial charge in [-0.3, -0.25) is 4.90 Å². The van der Waals surface area contributed by atoms with Crippen molar-refractivity contribution in [3.63, 3.8) is 0 Å². The molecule has 1 N–H and O–H groups in total. The van der Waals surface area contributed by atoms with Crippen LogP contribution in [0.2, 0.25) is 0 Å². The van der Waals surface area contributed by atoms with Crippen molar-refractivity contribution >= 4 is 0 Å². The molecule has 1 aliphatic rings. The van der Waals surface area contributed by atoms with E-state index < -0.39 is 0 Å². The molecule has 1 aliphatic heterocycles. The Morgan fingerprint density at radius 2 is 1.86 bits per heavy atom. The zero-order valence-corrected chi connectivity index (χ0v) is 12.5. The Kier molecular flexibility index (Phi) is 4.53. The minimum absolute atomic E-state index is 0.421. The van der Waals surface area contributed by atoms with Crippen LogP contribution in [0.15, 0.2) is 54.6 Å². The molecule has 1 atom stereocenters. The second-order valence-corrected chi connectivity index (χ2v) is 5.45. The highest BCUT2D eigenvalue weighted by atomic mass is 16.5. The summed E-state index contributed by atoms with van der Waals surface area (Å²) in [6, 6.07) is 19.6. The highest BCUT2D eigenvalue weighted by Gasteiger charge is 2.23. The first-order valence-electron chi connectivity index (χ1n) is 7.49. The van der Waals surface area contributed by atoms with Gasteiger partial charge in [0.15, 0.2) is 0 Å². The molecular formula is C18H22N2O. The number of nitrogens with one attached hydrogen (secondary N) is 1. The van der Waals surface area contributed by atoms with E-state index in [1.165, 1.54) is 11.1 Å². The highest BCUT2D eigenvalue weighted by Crippen LogP contribution is 2.25. The zero-order chi connectivity index (χ0) is 14.5. The van der Waals surface area contributed by atoms with Gasteiger partial charge in [0.05, 0.1) is 7.11 Å². The Bertz CT molecular complexity index is 553. The molecule has 110 valence electrons. The van der Waals surface area contributed by atoms with Crippen LogP contribution in [0.5, 0.6) is 5.75 Å². The van der Waals surface area contributed by atoms with Crippen LogP contribution in [0.1, 0.15) is 17.2 Å². The van der Waals surface area contributed by atoms with Gasteiger partial charge in [-0.15, -0.1) is 0 Å². The monoisotopic (exact) mass is 282 g/mol. The first-order chi connectivity index (χ1) is 10.4. The minimum Gasteiger partial charge on any atom is -0.497 e. The largest absolute Gasteiger partial charge is 0.497 e. The standard InChI is InChI=1S/C18H22N2O/c1-21-17-9-7-16(8-10-17)18-13-19-11-12-20(18)14-15-5-3-2-4-6-15/h2-10,18-19H,11-14H2,1H3/t18-/m0/s1. The molecule has 1 heterocycles.